The molecule has 3 nitrogen and oxygen atoms in total. The Morgan fingerprint density at radius 2 is 1.85 bits per heavy atom. The molecule has 108 valence electrons. The third kappa shape index (κ3) is 2.59. The molecule has 1 N–H and O–H groups in total. The van der Waals surface area contributed by atoms with Crippen LogP contribution in [0.15, 0.2) is 24.3 Å². The lowest BCUT2D eigenvalue weighted by Crippen LogP contribution is -2.45. The monoisotopic (exact) mass is 273 g/mol. The summed E-state index contributed by atoms with van der Waals surface area (Å²) in [6.45, 7) is 0.919. The fourth-order valence-corrected chi connectivity index (χ4v) is 3.63. The number of nitrogens with zero attached hydrogens (tertiary/aromatic N) is 1. The molecule has 1 heterocycles. The van der Waals surface area contributed by atoms with Crippen LogP contribution in [-0.2, 0) is 17.6 Å². The number of amides is 1. The van der Waals surface area contributed by atoms with Crippen molar-refractivity contribution in [2.24, 2.45) is 5.92 Å². The molecule has 1 atom stereocenters. The summed E-state index contributed by atoms with van der Waals surface area (Å²) in [6.07, 6.45) is 6.04. The lowest BCUT2D eigenvalue weighted by Gasteiger charge is -2.31. The molecule has 1 aromatic carbocycles. The van der Waals surface area contributed by atoms with Crippen LogP contribution in [0.25, 0.3) is 0 Å². The van der Waals surface area contributed by atoms with Crippen LogP contribution in [0.3, 0.4) is 0 Å². The second-order valence-electron chi connectivity index (χ2n) is 6.09. The third-order valence-electron chi connectivity index (χ3n) is 4.77. The van der Waals surface area contributed by atoms with Crippen molar-refractivity contribution in [2.45, 2.75) is 44.6 Å². The van der Waals surface area contributed by atoms with Gasteiger partial charge in [-0.2, -0.15) is 0 Å². The number of rotatable bonds is 2. The van der Waals surface area contributed by atoms with Crippen LogP contribution < -0.4 is 0 Å². The molecule has 2 aliphatic rings. The Kier molecular flexibility index (Phi) is 4.06. The van der Waals surface area contributed by atoms with Gasteiger partial charge < -0.3 is 10.0 Å². The Hall–Kier alpha value is -1.35. The molecule has 1 aliphatic carbocycles. The fourth-order valence-electron chi connectivity index (χ4n) is 3.63. The number of hydrogen-bond acceptors (Lipinski definition) is 2. The van der Waals surface area contributed by atoms with E-state index in [0.717, 1.165) is 38.6 Å². The van der Waals surface area contributed by atoms with E-state index in [1.807, 2.05) is 17.0 Å². The predicted molar refractivity (Wildman–Crippen MR) is 78.4 cm³/mol. The van der Waals surface area contributed by atoms with Gasteiger partial charge in [-0.1, -0.05) is 37.1 Å². The van der Waals surface area contributed by atoms with Crippen LogP contribution in [0, 0.1) is 5.92 Å². The van der Waals surface area contributed by atoms with E-state index in [2.05, 4.69) is 12.1 Å². The van der Waals surface area contributed by atoms with Gasteiger partial charge in [-0.25, -0.2) is 0 Å². The zero-order valence-electron chi connectivity index (χ0n) is 11.9. The molecule has 3 rings (SSSR count). The predicted octanol–water partition coefficient (Wildman–Crippen LogP) is 2.16. The van der Waals surface area contributed by atoms with Crippen LogP contribution in [0.5, 0.6) is 0 Å². The topological polar surface area (TPSA) is 40.5 Å². The van der Waals surface area contributed by atoms with Crippen molar-refractivity contribution in [1.29, 1.82) is 0 Å². The molecular weight excluding hydrogens is 250 g/mol. The average molecular weight is 273 g/mol. The second kappa shape index (κ2) is 5.96. The highest BCUT2D eigenvalue weighted by Crippen LogP contribution is 2.29. The van der Waals surface area contributed by atoms with Gasteiger partial charge in [-0.15, -0.1) is 0 Å². The Labute approximate surface area is 120 Å². The number of fused-ring (bicyclic) bond motifs is 1. The van der Waals surface area contributed by atoms with Crippen LogP contribution >= 0.6 is 0 Å². The molecule has 1 aliphatic heterocycles. The first-order chi connectivity index (χ1) is 9.79. The molecule has 1 saturated heterocycles. The first kappa shape index (κ1) is 13.6. The minimum Gasteiger partial charge on any atom is -0.394 e. The lowest BCUT2D eigenvalue weighted by molar-refractivity contribution is -0.138. The molecule has 1 unspecified atom stereocenters. The van der Waals surface area contributed by atoms with E-state index in [4.69, 9.17) is 0 Å². The fraction of sp³-hybridized carbons (Fsp3) is 0.588. The molecule has 0 radical (unpaired) electrons. The van der Waals surface area contributed by atoms with E-state index in [1.165, 1.54) is 17.5 Å². The Morgan fingerprint density at radius 3 is 2.50 bits per heavy atom. The first-order valence-corrected chi connectivity index (χ1v) is 7.77. The molecule has 3 heteroatoms. The third-order valence-corrected chi connectivity index (χ3v) is 4.77. The van der Waals surface area contributed by atoms with Crippen LogP contribution in [0.4, 0.5) is 0 Å². The maximum Gasteiger partial charge on any atom is 0.226 e. The van der Waals surface area contributed by atoms with E-state index in [0.29, 0.717) is 0 Å². The summed E-state index contributed by atoms with van der Waals surface area (Å²) in [5.74, 6) is 0.335. The van der Waals surface area contributed by atoms with Crippen molar-refractivity contribution in [1.82, 2.24) is 4.90 Å². The Bertz CT molecular complexity index is 461. The molecule has 1 fully saturated rings. The summed E-state index contributed by atoms with van der Waals surface area (Å²) < 4.78 is 0. The number of hydrogen-bond donors (Lipinski definition) is 1. The summed E-state index contributed by atoms with van der Waals surface area (Å²) >= 11 is 0. The molecule has 1 amide bonds. The highest BCUT2D eigenvalue weighted by Gasteiger charge is 2.33. The summed E-state index contributed by atoms with van der Waals surface area (Å²) in [4.78, 5) is 14.8. The van der Waals surface area contributed by atoms with E-state index in [9.17, 15) is 9.90 Å². The van der Waals surface area contributed by atoms with Crippen molar-refractivity contribution in [3.05, 3.63) is 35.4 Å². The van der Waals surface area contributed by atoms with Crippen LogP contribution in [-0.4, -0.2) is 35.1 Å². The number of benzene rings is 1. The van der Waals surface area contributed by atoms with Gasteiger partial charge in [0.25, 0.3) is 0 Å². The van der Waals surface area contributed by atoms with E-state index >= 15 is 0 Å². The normalized spacial score (nSPS) is 23.4. The summed E-state index contributed by atoms with van der Waals surface area (Å²) in [7, 11) is 0. The van der Waals surface area contributed by atoms with Gasteiger partial charge in [-0.3, -0.25) is 4.79 Å². The summed E-state index contributed by atoms with van der Waals surface area (Å²) in [5.41, 5.74) is 2.64. The minimum atomic E-state index is 0.0358. The zero-order chi connectivity index (χ0) is 13.9. The number of likely N-dealkylation sites (tertiary alicyclic amines) is 1. The first-order valence-electron chi connectivity index (χ1n) is 7.77. The van der Waals surface area contributed by atoms with Gasteiger partial charge in [0.1, 0.15) is 0 Å². The molecular formula is C17H23NO2. The average Bonchev–Trinajstić information content (AvgIpc) is 2.77. The van der Waals surface area contributed by atoms with Gasteiger partial charge in [0.2, 0.25) is 5.91 Å². The Balaban J connectivity index is 1.73. The van der Waals surface area contributed by atoms with E-state index in [1.54, 1.807) is 0 Å². The molecule has 0 bridgehead atoms. The van der Waals surface area contributed by atoms with Gasteiger partial charge in [0, 0.05) is 12.5 Å². The molecule has 20 heavy (non-hydrogen) atoms. The van der Waals surface area contributed by atoms with Gasteiger partial charge in [0.05, 0.1) is 12.6 Å². The highest BCUT2D eigenvalue weighted by atomic mass is 16.3. The Morgan fingerprint density at radius 1 is 1.15 bits per heavy atom. The van der Waals surface area contributed by atoms with Gasteiger partial charge >= 0.3 is 0 Å². The smallest absolute Gasteiger partial charge is 0.226 e. The van der Waals surface area contributed by atoms with E-state index < -0.39 is 0 Å². The lowest BCUT2D eigenvalue weighted by atomic mass is 10.0. The van der Waals surface area contributed by atoms with Gasteiger partial charge in [0.15, 0.2) is 0 Å². The van der Waals surface area contributed by atoms with Crippen molar-refractivity contribution < 1.29 is 9.90 Å². The SMILES string of the molecule is O=C(C1Cc2ccccc2C1)N1CCCCCC1CO. The number of aliphatic hydroxyl groups excluding tert-OH is 1. The summed E-state index contributed by atoms with van der Waals surface area (Å²) in [5, 5.41) is 9.56. The van der Waals surface area contributed by atoms with Crippen molar-refractivity contribution >= 4 is 5.91 Å². The van der Waals surface area contributed by atoms with Crippen molar-refractivity contribution in [3.8, 4) is 0 Å². The standard InChI is InChI=1S/C17H23NO2/c19-12-16-8-2-1-5-9-18(16)17(20)15-10-13-6-3-4-7-14(13)11-15/h3-4,6-7,15-16,19H,1-2,5,8-12H2. The summed E-state index contributed by atoms with van der Waals surface area (Å²) in [6, 6.07) is 8.40. The molecule has 1 aromatic rings. The van der Waals surface area contributed by atoms with Crippen LogP contribution in [0.1, 0.15) is 36.8 Å². The maximum atomic E-state index is 12.8. The van der Waals surface area contributed by atoms with Crippen molar-refractivity contribution in [3.63, 3.8) is 0 Å². The maximum absolute atomic E-state index is 12.8. The number of aliphatic hydroxyl groups is 1. The molecule has 0 saturated carbocycles. The minimum absolute atomic E-state index is 0.0358. The number of carbonyl (C=O) groups is 1. The largest absolute Gasteiger partial charge is 0.394 e. The van der Waals surface area contributed by atoms with E-state index in [-0.39, 0.29) is 24.5 Å². The quantitative estimate of drug-likeness (QED) is 0.897. The molecule has 0 aromatic heterocycles. The second-order valence-corrected chi connectivity index (χ2v) is 6.09. The molecule has 0 spiro atoms. The zero-order valence-corrected chi connectivity index (χ0v) is 11.9. The highest BCUT2D eigenvalue weighted by molar-refractivity contribution is 5.80. The van der Waals surface area contributed by atoms with Gasteiger partial charge in [-0.05, 0) is 36.8 Å². The number of carbonyl (C=O) groups excluding carboxylic acids is 1. The van der Waals surface area contributed by atoms with Crippen LogP contribution in [0.2, 0.25) is 0 Å². The van der Waals surface area contributed by atoms with Crippen molar-refractivity contribution in [2.75, 3.05) is 13.2 Å².